The molecular formula is C22H20N8O4S. The van der Waals surface area contributed by atoms with Crippen LogP contribution in [0.3, 0.4) is 0 Å². The van der Waals surface area contributed by atoms with Crippen LogP contribution in [0.15, 0.2) is 46.6 Å². The number of rotatable bonds is 6. The molecule has 0 bridgehead atoms. The molecule has 1 aliphatic heterocycles. The van der Waals surface area contributed by atoms with Crippen molar-refractivity contribution < 1.29 is 14.2 Å². The Balaban J connectivity index is 1.28. The molecule has 1 aromatic carbocycles. The number of fused-ring (bicyclic) bond motifs is 4. The van der Waals surface area contributed by atoms with Crippen LogP contribution in [-0.4, -0.2) is 59.7 Å². The van der Waals surface area contributed by atoms with Gasteiger partial charge in [0.25, 0.3) is 17.3 Å². The maximum Gasteiger partial charge on any atom is 0.268 e. The number of nitrogens with zero attached hydrogens (tertiary/aromatic N) is 7. The van der Waals surface area contributed by atoms with E-state index in [4.69, 9.17) is 14.2 Å². The van der Waals surface area contributed by atoms with E-state index in [9.17, 15) is 4.79 Å². The molecular weight excluding hydrogens is 472 g/mol. The first kappa shape index (κ1) is 21.6. The smallest absolute Gasteiger partial charge is 0.268 e. The van der Waals surface area contributed by atoms with Gasteiger partial charge in [-0.25, -0.2) is 9.55 Å². The summed E-state index contributed by atoms with van der Waals surface area (Å²) in [6.07, 6.45) is 3.97. The summed E-state index contributed by atoms with van der Waals surface area (Å²) in [6.45, 7) is 1.57. The molecule has 6 rings (SSSR count). The molecule has 0 radical (unpaired) electrons. The minimum absolute atomic E-state index is 0.231. The average Bonchev–Trinajstić information content (AvgIpc) is 3.44. The summed E-state index contributed by atoms with van der Waals surface area (Å²) in [4.78, 5) is 26.2. The Labute approximate surface area is 202 Å². The SMILES string of the molecule is COCc1nc(-n2ccc3c(cnc4nc(SCc5ccc6c(c5)OCCCO6)nn43)c2=O)n[nH]1. The summed E-state index contributed by atoms with van der Waals surface area (Å²) in [6, 6.07) is 7.69. The maximum absolute atomic E-state index is 13.1. The van der Waals surface area contributed by atoms with Crippen molar-refractivity contribution in [3.63, 3.8) is 0 Å². The van der Waals surface area contributed by atoms with Crippen LogP contribution in [0.25, 0.3) is 22.6 Å². The van der Waals surface area contributed by atoms with Gasteiger partial charge in [0.1, 0.15) is 6.61 Å². The minimum atomic E-state index is -0.309. The van der Waals surface area contributed by atoms with Crippen molar-refractivity contribution in [3.05, 3.63) is 58.4 Å². The lowest BCUT2D eigenvalue weighted by molar-refractivity contribution is 0.178. The lowest BCUT2D eigenvalue weighted by atomic mass is 10.2. The molecule has 13 heteroatoms. The monoisotopic (exact) mass is 492 g/mol. The fourth-order valence-electron chi connectivity index (χ4n) is 3.76. The first-order valence-corrected chi connectivity index (χ1v) is 11.9. The van der Waals surface area contributed by atoms with Gasteiger partial charge in [-0.05, 0) is 23.8 Å². The second kappa shape index (κ2) is 9.00. The molecule has 4 aromatic heterocycles. The molecule has 0 saturated carbocycles. The number of aromatic nitrogens is 8. The molecule has 1 N–H and O–H groups in total. The Morgan fingerprint density at radius 1 is 1.17 bits per heavy atom. The van der Waals surface area contributed by atoms with Crippen molar-refractivity contribution in [1.82, 2.24) is 39.3 Å². The molecule has 1 aliphatic rings. The molecule has 0 unspecified atom stereocenters. The van der Waals surface area contributed by atoms with Crippen molar-refractivity contribution in [3.8, 4) is 17.4 Å². The molecule has 5 heterocycles. The second-order valence-electron chi connectivity index (χ2n) is 7.79. The van der Waals surface area contributed by atoms with Crippen LogP contribution in [-0.2, 0) is 17.1 Å². The summed E-state index contributed by atoms with van der Waals surface area (Å²) in [5, 5.41) is 12.4. The fraction of sp³-hybridized carbons (Fsp3) is 0.273. The highest BCUT2D eigenvalue weighted by Crippen LogP contribution is 2.32. The van der Waals surface area contributed by atoms with Gasteiger partial charge in [-0.2, -0.15) is 14.5 Å². The van der Waals surface area contributed by atoms with Gasteiger partial charge in [-0.15, -0.1) is 10.2 Å². The Morgan fingerprint density at radius 3 is 2.94 bits per heavy atom. The number of thioether (sulfide) groups is 1. The number of benzene rings is 1. The second-order valence-corrected chi connectivity index (χ2v) is 8.73. The number of H-pyrrole nitrogens is 1. The Bertz CT molecular complexity index is 1590. The highest BCUT2D eigenvalue weighted by molar-refractivity contribution is 7.98. The predicted molar refractivity (Wildman–Crippen MR) is 126 cm³/mol. The van der Waals surface area contributed by atoms with Gasteiger partial charge in [0.05, 0.1) is 24.1 Å². The molecule has 5 aromatic rings. The van der Waals surface area contributed by atoms with E-state index in [2.05, 4.69) is 30.2 Å². The third-order valence-electron chi connectivity index (χ3n) is 5.41. The lowest BCUT2D eigenvalue weighted by Gasteiger charge is -2.08. The molecule has 0 aliphatic carbocycles. The number of hydrogen-bond acceptors (Lipinski definition) is 10. The van der Waals surface area contributed by atoms with E-state index in [0.29, 0.717) is 46.6 Å². The zero-order chi connectivity index (χ0) is 23.8. The van der Waals surface area contributed by atoms with Crippen molar-refractivity contribution >= 4 is 28.4 Å². The van der Waals surface area contributed by atoms with Gasteiger partial charge < -0.3 is 14.2 Å². The van der Waals surface area contributed by atoms with E-state index < -0.39 is 0 Å². The number of pyridine rings is 1. The van der Waals surface area contributed by atoms with E-state index in [-0.39, 0.29) is 18.1 Å². The van der Waals surface area contributed by atoms with E-state index >= 15 is 0 Å². The molecule has 0 spiro atoms. The van der Waals surface area contributed by atoms with Crippen LogP contribution >= 0.6 is 11.8 Å². The van der Waals surface area contributed by atoms with Crippen LogP contribution in [0.5, 0.6) is 11.5 Å². The first-order chi connectivity index (χ1) is 17.2. The minimum Gasteiger partial charge on any atom is -0.490 e. The molecule has 178 valence electrons. The zero-order valence-electron chi connectivity index (χ0n) is 18.7. The number of methoxy groups -OCH3 is 1. The summed E-state index contributed by atoms with van der Waals surface area (Å²) >= 11 is 1.48. The average molecular weight is 493 g/mol. The van der Waals surface area contributed by atoms with E-state index in [1.807, 2.05) is 18.2 Å². The summed E-state index contributed by atoms with van der Waals surface area (Å²) in [5.74, 6) is 3.34. The van der Waals surface area contributed by atoms with Crippen molar-refractivity contribution in [2.24, 2.45) is 0 Å². The van der Waals surface area contributed by atoms with Gasteiger partial charge in [-0.3, -0.25) is 9.89 Å². The van der Waals surface area contributed by atoms with E-state index in [1.54, 1.807) is 23.9 Å². The third-order valence-corrected chi connectivity index (χ3v) is 6.32. The third kappa shape index (κ3) is 4.08. The van der Waals surface area contributed by atoms with Gasteiger partial charge >= 0.3 is 0 Å². The summed E-state index contributed by atoms with van der Waals surface area (Å²) in [7, 11) is 1.56. The summed E-state index contributed by atoms with van der Waals surface area (Å²) in [5.41, 5.74) is 1.36. The van der Waals surface area contributed by atoms with Gasteiger partial charge in [-0.1, -0.05) is 17.8 Å². The highest BCUT2D eigenvalue weighted by atomic mass is 32.2. The molecule has 12 nitrogen and oxygen atoms in total. The normalized spacial score (nSPS) is 13.4. The number of ether oxygens (including phenoxy) is 3. The Kier molecular flexibility index (Phi) is 5.54. The first-order valence-electron chi connectivity index (χ1n) is 10.9. The molecule has 0 saturated heterocycles. The highest BCUT2D eigenvalue weighted by Gasteiger charge is 2.15. The fourth-order valence-corrected chi connectivity index (χ4v) is 4.52. The van der Waals surface area contributed by atoms with E-state index in [1.165, 1.54) is 22.5 Å². The van der Waals surface area contributed by atoms with Crippen molar-refractivity contribution in [2.45, 2.75) is 23.9 Å². The lowest BCUT2D eigenvalue weighted by Crippen LogP contribution is -2.20. The Hall–Kier alpha value is -3.97. The van der Waals surface area contributed by atoms with Crippen molar-refractivity contribution in [2.75, 3.05) is 20.3 Å². The number of aromatic amines is 1. The zero-order valence-corrected chi connectivity index (χ0v) is 19.5. The topological polar surface area (TPSA) is 134 Å². The van der Waals surface area contributed by atoms with Crippen LogP contribution in [0.4, 0.5) is 0 Å². The van der Waals surface area contributed by atoms with Crippen molar-refractivity contribution in [1.29, 1.82) is 0 Å². The quantitative estimate of drug-likeness (QED) is 0.351. The van der Waals surface area contributed by atoms with Crippen LogP contribution < -0.4 is 15.0 Å². The van der Waals surface area contributed by atoms with Gasteiger partial charge in [0, 0.05) is 31.7 Å². The van der Waals surface area contributed by atoms with Gasteiger partial charge in [0.2, 0.25) is 5.16 Å². The number of nitrogens with one attached hydrogen (secondary N) is 1. The molecule has 0 fully saturated rings. The summed E-state index contributed by atoms with van der Waals surface area (Å²) < 4.78 is 19.4. The van der Waals surface area contributed by atoms with Crippen LogP contribution in [0.2, 0.25) is 0 Å². The number of hydrogen-bond donors (Lipinski definition) is 1. The molecule has 0 amide bonds. The predicted octanol–water partition coefficient (Wildman–Crippen LogP) is 2.15. The standard InChI is InChI=1S/C22H20N8O4S/c1-32-11-18-24-21(27-26-18)29-6-5-15-14(19(29)31)10-23-20-25-22(28-30(15)20)35-12-13-3-4-16-17(9-13)34-8-2-7-33-16/h3-6,9-10H,2,7-8,11-12H2,1H3,(H,24,26,27). The molecule has 0 atom stereocenters. The Morgan fingerprint density at radius 2 is 2.06 bits per heavy atom. The van der Waals surface area contributed by atoms with Gasteiger partial charge in [0.15, 0.2) is 17.3 Å². The molecule has 35 heavy (non-hydrogen) atoms. The van der Waals surface area contributed by atoms with Crippen LogP contribution in [0, 0.1) is 0 Å². The largest absolute Gasteiger partial charge is 0.490 e. The van der Waals surface area contributed by atoms with Crippen LogP contribution in [0.1, 0.15) is 17.8 Å². The van der Waals surface area contributed by atoms with E-state index in [0.717, 1.165) is 23.5 Å². The maximum atomic E-state index is 13.1.